The molecule has 0 N–H and O–H groups in total. The van der Waals surface area contributed by atoms with Crippen molar-refractivity contribution in [3.8, 4) is 11.1 Å². The van der Waals surface area contributed by atoms with Gasteiger partial charge in [0.25, 0.3) is 0 Å². The zero-order chi connectivity index (χ0) is 29.8. The summed E-state index contributed by atoms with van der Waals surface area (Å²) in [7, 11) is 0. The summed E-state index contributed by atoms with van der Waals surface area (Å²) in [6.07, 6.45) is 1.80. The molecule has 0 atom stereocenters. The van der Waals surface area contributed by atoms with E-state index in [1.54, 1.807) is 24.3 Å². The number of benzene rings is 6. The maximum Gasteiger partial charge on any atom is 0.125 e. The molecule has 0 spiro atoms. The van der Waals surface area contributed by atoms with Crippen LogP contribution in [0.4, 0.5) is 42.9 Å². The second-order valence-electron chi connectivity index (χ2n) is 10.4. The molecule has 0 heterocycles. The average Bonchev–Trinajstić information content (AvgIpc) is 3.03. The molecule has 0 aliphatic heterocycles. The first-order valence-corrected chi connectivity index (χ1v) is 14.1. The van der Waals surface area contributed by atoms with Crippen molar-refractivity contribution in [2.24, 2.45) is 0 Å². The van der Waals surface area contributed by atoms with Crippen molar-refractivity contribution in [1.82, 2.24) is 0 Å². The molecule has 0 unspecified atom stereocenters. The van der Waals surface area contributed by atoms with Gasteiger partial charge in [-0.1, -0.05) is 73.3 Å². The third-order valence-electron chi connectivity index (χ3n) is 7.36. The van der Waals surface area contributed by atoms with Crippen molar-refractivity contribution < 1.29 is 8.78 Å². The van der Waals surface area contributed by atoms with Crippen molar-refractivity contribution in [2.75, 3.05) is 9.80 Å². The van der Waals surface area contributed by atoms with E-state index >= 15 is 0 Å². The van der Waals surface area contributed by atoms with Gasteiger partial charge in [0.2, 0.25) is 0 Å². The van der Waals surface area contributed by atoms with Crippen LogP contribution in [0, 0.1) is 18.6 Å². The summed E-state index contributed by atoms with van der Waals surface area (Å²) >= 11 is 0. The predicted octanol–water partition coefficient (Wildman–Crippen LogP) is 11.5. The largest absolute Gasteiger partial charge is 0.310 e. The van der Waals surface area contributed by atoms with Crippen LogP contribution >= 0.6 is 0 Å². The minimum absolute atomic E-state index is 0.282. The molecule has 0 amide bonds. The molecule has 0 fully saturated rings. The van der Waals surface area contributed by atoms with Gasteiger partial charge in [0, 0.05) is 34.1 Å². The summed E-state index contributed by atoms with van der Waals surface area (Å²) in [5.41, 5.74) is 9.43. The topological polar surface area (TPSA) is 6.48 Å². The highest BCUT2D eigenvalue weighted by atomic mass is 19.1. The molecule has 0 bridgehead atoms. The molecule has 43 heavy (non-hydrogen) atoms. The van der Waals surface area contributed by atoms with E-state index in [0.717, 1.165) is 56.4 Å². The molecule has 4 heteroatoms. The van der Waals surface area contributed by atoms with E-state index < -0.39 is 0 Å². The highest BCUT2D eigenvalue weighted by Crippen LogP contribution is 2.38. The standard InChI is InChI=1S/C39H30F2N2/c1-3-29-13-19-34(20-14-29)42(38-11-5-8-32(40)26-38)35-21-15-30(16-22-35)31-17-23-36(24-18-31)43(37-10-4-7-28(2)25-37)39-12-6-9-33(41)27-39/h3-27H,1H2,2H3. The van der Waals surface area contributed by atoms with Crippen LogP contribution in [0.3, 0.4) is 0 Å². The van der Waals surface area contributed by atoms with Crippen molar-refractivity contribution in [2.45, 2.75) is 6.92 Å². The van der Waals surface area contributed by atoms with Crippen molar-refractivity contribution in [1.29, 1.82) is 0 Å². The first-order valence-electron chi connectivity index (χ1n) is 14.1. The molecule has 0 saturated heterocycles. The molecule has 2 nitrogen and oxygen atoms in total. The van der Waals surface area contributed by atoms with Gasteiger partial charge in [0.05, 0.1) is 0 Å². The van der Waals surface area contributed by atoms with E-state index in [9.17, 15) is 8.78 Å². The van der Waals surface area contributed by atoms with Crippen molar-refractivity contribution in [3.05, 3.63) is 175 Å². The van der Waals surface area contributed by atoms with Crippen molar-refractivity contribution in [3.63, 3.8) is 0 Å². The van der Waals surface area contributed by atoms with Gasteiger partial charge in [-0.3, -0.25) is 0 Å². The van der Waals surface area contributed by atoms with E-state index in [4.69, 9.17) is 0 Å². The van der Waals surface area contributed by atoms with Crippen LogP contribution in [0.1, 0.15) is 11.1 Å². The van der Waals surface area contributed by atoms with Gasteiger partial charge in [-0.2, -0.15) is 0 Å². The molecule has 0 radical (unpaired) electrons. The Kier molecular flexibility index (Phi) is 7.84. The SMILES string of the molecule is C=Cc1ccc(N(c2ccc(-c3ccc(N(c4cccc(C)c4)c4cccc(F)c4)cc3)cc2)c2cccc(F)c2)cc1. The Morgan fingerprint density at radius 1 is 0.465 bits per heavy atom. The van der Waals surface area contributed by atoms with Gasteiger partial charge in [-0.15, -0.1) is 0 Å². The minimum atomic E-state index is -0.292. The molecule has 6 aromatic carbocycles. The van der Waals surface area contributed by atoms with Crippen LogP contribution in [0.15, 0.2) is 152 Å². The molecular formula is C39H30F2N2. The summed E-state index contributed by atoms with van der Waals surface area (Å²) in [6.45, 7) is 5.89. The lowest BCUT2D eigenvalue weighted by Gasteiger charge is -2.26. The van der Waals surface area contributed by atoms with Gasteiger partial charge in [0.15, 0.2) is 0 Å². The maximum absolute atomic E-state index is 14.2. The molecule has 6 rings (SSSR count). The van der Waals surface area contributed by atoms with Crippen molar-refractivity contribution >= 4 is 40.2 Å². The summed E-state index contributed by atoms with van der Waals surface area (Å²) in [5.74, 6) is -0.573. The molecule has 0 aliphatic carbocycles. The number of nitrogens with zero attached hydrogens (tertiary/aromatic N) is 2. The van der Waals surface area contributed by atoms with E-state index in [2.05, 4.69) is 53.9 Å². The second kappa shape index (κ2) is 12.2. The lowest BCUT2D eigenvalue weighted by atomic mass is 10.0. The zero-order valence-corrected chi connectivity index (χ0v) is 23.8. The maximum atomic E-state index is 14.2. The lowest BCUT2D eigenvalue weighted by molar-refractivity contribution is 0.627. The Bertz CT molecular complexity index is 1810. The van der Waals surface area contributed by atoms with E-state index in [1.165, 1.54) is 18.2 Å². The number of rotatable bonds is 8. The number of hydrogen-bond donors (Lipinski definition) is 0. The predicted molar refractivity (Wildman–Crippen MR) is 176 cm³/mol. The van der Waals surface area contributed by atoms with Gasteiger partial charge in [-0.25, -0.2) is 8.78 Å². The fourth-order valence-electron chi connectivity index (χ4n) is 5.26. The Morgan fingerprint density at radius 2 is 0.860 bits per heavy atom. The molecule has 0 saturated carbocycles. The normalized spacial score (nSPS) is 10.8. The van der Waals surface area contributed by atoms with E-state index in [0.29, 0.717) is 0 Å². The third-order valence-corrected chi connectivity index (χ3v) is 7.36. The van der Waals surface area contributed by atoms with Gasteiger partial charge < -0.3 is 9.80 Å². The molecule has 6 aromatic rings. The molecule has 210 valence electrons. The fraction of sp³-hybridized carbons (Fsp3) is 0.0256. The van der Waals surface area contributed by atoms with Gasteiger partial charge >= 0.3 is 0 Å². The van der Waals surface area contributed by atoms with Crippen LogP contribution in [-0.2, 0) is 0 Å². The molecule has 0 aromatic heterocycles. The number of aryl methyl sites for hydroxylation is 1. The number of hydrogen-bond acceptors (Lipinski definition) is 2. The summed E-state index contributed by atoms with van der Waals surface area (Å²) in [4.78, 5) is 4.08. The fourth-order valence-corrected chi connectivity index (χ4v) is 5.26. The van der Waals surface area contributed by atoms with Gasteiger partial charge in [0.1, 0.15) is 11.6 Å². The smallest absolute Gasteiger partial charge is 0.125 e. The van der Waals surface area contributed by atoms with Crippen LogP contribution in [0.25, 0.3) is 17.2 Å². The highest BCUT2D eigenvalue weighted by molar-refractivity contribution is 5.81. The second-order valence-corrected chi connectivity index (χ2v) is 10.4. The van der Waals surface area contributed by atoms with Crippen LogP contribution in [-0.4, -0.2) is 0 Å². The monoisotopic (exact) mass is 564 g/mol. The van der Waals surface area contributed by atoms with Gasteiger partial charge in [-0.05, 0) is 114 Å². The highest BCUT2D eigenvalue weighted by Gasteiger charge is 2.15. The summed E-state index contributed by atoms with van der Waals surface area (Å²) < 4.78 is 28.5. The minimum Gasteiger partial charge on any atom is -0.310 e. The third kappa shape index (κ3) is 6.09. The summed E-state index contributed by atoms with van der Waals surface area (Å²) in [6, 6.07) is 45.9. The Hall–Kier alpha value is -5.48. The Morgan fingerprint density at radius 3 is 1.28 bits per heavy atom. The average molecular weight is 565 g/mol. The van der Waals surface area contributed by atoms with Crippen LogP contribution in [0.5, 0.6) is 0 Å². The number of halogens is 2. The van der Waals surface area contributed by atoms with Crippen LogP contribution in [0.2, 0.25) is 0 Å². The first-order chi connectivity index (χ1) is 21.0. The number of anilines is 6. The van der Waals surface area contributed by atoms with E-state index in [-0.39, 0.29) is 11.6 Å². The zero-order valence-electron chi connectivity index (χ0n) is 23.8. The van der Waals surface area contributed by atoms with Crippen LogP contribution < -0.4 is 9.80 Å². The Labute approximate surface area is 251 Å². The van der Waals surface area contributed by atoms with E-state index in [1.807, 2.05) is 78.6 Å². The quantitative estimate of drug-likeness (QED) is 0.181. The summed E-state index contributed by atoms with van der Waals surface area (Å²) in [5, 5.41) is 0. The molecular weight excluding hydrogens is 534 g/mol. The lowest BCUT2D eigenvalue weighted by Crippen LogP contribution is -2.10. The molecule has 0 aliphatic rings. The first kappa shape index (κ1) is 27.7. The Balaban J connectivity index is 1.33.